The summed E-state index contributed by atoms with van der Waals surface area (Å²) < 4.78 is 11.6. The molecule has 1 aliphatic rings. The van der Waals surface area contributed by atoms with Crippen molar-refractivity contribution in [1.82, 2.24) is 15.0 Å². The zero-order valence-corrected chi connectivity index (χ0v) is 12.9. The monoisotopic (exact) mass is 315 g/mol. The minimum atomic E-state index is -0.372. The molecule has 1 aromatic carbocycles. The van der Waals surface area contributed by atoms with E-state index in [4.69, 9.17) is 14.2 Å². The molecule has 0 atom stereocenters. The van der Waals surface area contributed by atoms with Gasteiger partial charge in [0.1, 0.15) is 11.0 Å². The van der Waals surface area contributed by atoms with Gasteiger partial charge in [0, 0.05) is 5.39 Å². The third-order valence-electron chi connectivity index (χ3n) is 4.23. The second-order valence-electron chi connectivity index (χ2n) is 5.60. The van der Waals surface area contributed by atoms with Crippen molar-refractivity contribution in [1.29, 1.82) is 0 Å². The number of hydrogen-bond acceptors (Lipinski definition) is 6. The first-order valence-electron chi connectivity index (χ1n) is 7.86. The molecule has 0 N–H and O–H groups in total. The third-order valence-corrected chi connectivity index (χ3v) is 4.23. The lowest BCUT2D eigenvalue weighted by atomic mass is 9.95. The number of carbonyl (C=O) groups is 1. The number of rotatable bonds is 4. The first-order chi connectivity index (χ1) is 11.3. The van der Waals surface area contributed by atoms with E-state index >= 15 is 0 Å². The molecule has 0 amide bonds. The summed E-state index contributed by atoms with van der Waals surface area (Å²) in [4.78, 5) is 17.4. The van der Waals surface area contributed by atoms with Crippen molar-refractivity contribution in [3.8, 4) is 0 Å². The maximum absolute atomic E-state index is 11.6. The van der Waals surface area contributed by atoms with E-state index in [-0.39, 0.29) is 12.6 Å². The Hall–Kier alpha value is -2.57. The van der Waals surface area contributed by atoms with E-state index in [1.165, 1.54) is 5.56 Å². The summed E-state index contributed by atoms with van der Waals surface area (Å²) in [5.41, 5.74) is 4.69. The number of nitrogens with zero attached hydrogens (tertiary/aromatic N) is 3. The second kappa shape index (κ2) is 5.57. The van der Waals surface area contributed by atoms with Crippen LogP contribution in [0, 0.1) is 0 Å². The van der Waals surface area contributed by atoms with E-state index in [1.54, 1.807) is 11.7 Å². The van der Waals surface area contributed by atoms with Crippen LogP contribution in [0.2, 0.25) is 0 Å². The SMILES string of the molecule is CCOC(=O)COn1c2c(c3c4nonc4ccc31)CCCC2. The van der Waals surface area contributed by atoms with Gasteiger partial charge in [-0.05, 0) is 60.6 Å². The Morgan fingerprint density at radius 2 is 2.17 bits per heavy atom. The summed E-state index contributed by atoms with van der Waals surface area (Å²) in [7, 11) is 0. The molecule has 0 saturated heterocycles. The summed E-state index contributed by atoms with van der Waals surface area (Å²) in [6.45, 7) is 2.01. The number of ether oxygens (including phenoxy) is 1. The van der Waals surface area contributed by atoms with Gasteiger partial charge in [-0.2, -0.15) is 4.73 Å². The smallest absolute Gasteiger partial charge is 0.346 e. The Morgan fingerprint density at radius 3 is 3.04 bits per heavy atom. The molecule has 4 rings (SSSR count). The van der Waals surface area contributed by atoms with Crippen LogP contribution in [0.3, 0.4) is 0 Å². The van der Waals surface area contributed by atoms with Crippen molar-refractivity contribution in [3.63, 3.8) is 0 Å². The highest BCUT2D eigenvalue weighted by Crippen LogP contribution is 2.35. The molecule has 0 saturated carbocycles. The van der Waals surface area contributed by atoms with E-state index in [2.05, 4.69) is 10.3 Å². The Kier molecular flexibility index (Phi) is 3.40. The van der Waals surface area contributed by atoms with E-state index in [1.807, 2.05) is 12.1 Å². The predicted molar refractivity (Wildman–Crippen MR) is 82.0 cm³/mol. The molecular weight excluding hydrogens is 298 g/mol. The van der Waals surface area contributed by atoms with Gasteiger partial charge in [0.05, 0.1) is 17.8 Å². The summed E-state index contributed by atoms with van der Waals surface area (Å²) >= 11 is 0. The van der Waals surface area contributed by atoms with Crippen molar-refractivity contribution >= 4 is 27.9 Å². The number of benzene rings is 1. The van der Waals surface area contributed by atoms with Crippen LogP contribution in [0.5, 0.6) is 0 Å². The minimum Gasteiger partial charge on any atom is -0.463 e. The van der Waals surface area contributed by atoms with Crippen molar-refractivity contribution in [2.75, 3.05) is 13.2 Å². The molecule has 2 aromatic heterocycles. The van der Waals surface area contributed by atoms with Gasteiger partial charge in [-0.3, -0.25) is 0 Å². The van der Waals surface area contributed by atoms with Crippen LogP contribution in [0.1, 0.15) is 31.0 Å². The lowest BCUT2D eigenvalue weighted by molar-refractivity contribution is -0.148. The molecule has 1 aliphatic carbocycles. The molecule has 3 aromatic rings. The molecule has 0 unspecified atom stereocenters. The number of fused-ring (bicyclic) bond motifs is 5. The molecule has 2 heterocycles. The Labute approximate surface area is 132 Å². The number of esters is 1. The van der Waals surface area contributed by atoms with Gasteiger partial charge in [0.2, 0.25) is 6.61 Å². The molecule has 0 radical (unpaired) electrons. The van der Waals surface area contributed by atoms with Gasteiger partial charge < -0.3 is 9.57 Å². The van der Waals surface area contributed by atoms with Crippen molar-refractivity contribution in [2.24, 2.45) is 0 Å². The van der Waals surface area contributed by atoms with Crippen LogP contribution in [0.15, 0.2) is 16.8 Å². The molecule has 7 nitrogen and oxygen atoms in total. The zero-order valence-electron chi connectivity index (χ0n) is 12.9. The fraction of sp³-hybridized carbons (Fsp3) is 0.438. The number of aromatic nitrogens is 3. The van der Waals surface area contributed by atoms with Crippen molar-refractivity contribution in [2.45, 2.75) is 32.6 Å². The molecule has 7 heteroatoms. The number of hydrogen-bond donors (Lipinski definition) is 0. The van der Waals surface area contributed by atoms with Crippen LogP contribution in [-0.2, 0) is 22.4 Å². The molecule has 0 bridgehead atoms. The maximum Gasteiger partial charge on any atom is 0.346 e. The van der Waals surface area contributed by atoms with Crippen molar-refractivity contribution < 1.29 is 19.0 Å². The first kappa shape index (κ1) is 14.0. The van der Waals surface area contributed by atoms with Crippen LogP contribution in [-0.4, -0.2) is 34.2 Å². The van der Waals surface area contributed by atoms with Crippen LogP contribution >= 0.6 is 0 Å². The zero-order chi connectivity index (χ0) is 15.8. The number of carbonyl (C=O) groups excluding carboxylic acids is 1. The largest absolute Gasteiger partial charge is 0.463 e. The van der Waals surface area contributed by atoms with Gasteiger partial charge in [-0.25, -0.2) is 9.42 Å². The van der Waals surface area contributed by atoms with Gasteiger partial charge in [0.15, 0.2) is 0 Å². The Balaban J connectivity index is 1.84. The highest BCUT2D eigenvalue weighted by molar-refractivity contribution is 6.05. The molecule has 23 heavy (non-hydrogen) atoms. The molecule has 0 fully saturated rings. The predicted octanol–water partition coefficient (Wildman–Crippen LogP) is 2.05. The molecule has 0 aliphatic heterocycles. The fourth-order valence-corrected chi connectivity index (χ4v) is 3.30. The minimum absolute atomic E-state index is 0.112. The van der Waals surface area contributed by atoms with Gasteiger partial charge in [-0.15, -0.1) is 0 Å². The third kappa shape index (κ3) is 2.23. The first-order valence-corrected chi connectivity index (χ1v) is 7.86. The lowest BCUT2D eigenvalue weighted by Crippen LogP contribution is -2.24. The van der Waals surface area contributed by atoms with Crippen LogP contribution < -0.4 is 4.84 Å². The Bertz CT molecular complexity index is 880. The van der Waals surface area contributed by atoms with Crippen molar-refractivity contribution in [3.05, 3.63) is 23.4 Å². The molecule has 0 spiro atoms. The molecule has 120 valence electrons. The Morgan fingerprint density at radius 1 is 1.30 bits per heavy atom. The lowest BCUT2D eigenvalue weighted by Gasteiger charge is -2.15. The quantitative estimate of drug-likeness (QED) is 0.686. The average Bonchev–Trinajstić information content (AvgIpc) is 3.15. The topological polar surface area (TPSA) is 79.4 Å². The average molecular weight is 315 g/mol. The van der Waals surface area contributed by atoms with E-state index < -0.39 is 0 Å². The number of aryl methyl sites for hydroxylation is 1. The van der Waals surface area contributed by atoms with Gasteiger partial charge >= 0.3 is 5.97 Å². The van der Waals surface area contributed by atoms with E-state index in [0.29, 0.717) is 6.61 Å². The summed E-state index contributed by atoms with van der Waals surface area (Å²) in [5.74, 6) is -0.372. The summed E-state index contributed by atoms with van der Waals surface area (Å²) in [6.07, 6.45) is 4.12. The van der Waals surface area contributed by atoms with E-state index in [9.17, 15) is 4.79 Å². The molecular formula is C16H17N3O4. The van der Waals surface area contributed by atoms with Crippen LogP contribution in [0.4, 0.5) is 0 Å². The standard InChI is InChI=1S/C16H17N3O4/c1-2-21-14(20)9-22-19-12-6-4-3-5-10(12)15-13(19)8-7-11-16(15)18-23-17-11/h7-8H,2-6,9H2,1H3. The van der Waals surface area contributed by atoms with Crippen LogP contribution in [0.25, 0.3) is 21.9 Å². The summed E-state index contributed by atoms with van der Waals surface area (Å²) in [6, 6.07) is 3.79. The second-order valence-corrected chi connectivity index (χ2v) is 5.60. The van der Waals surface area contributed by atoms with E-state index in [0.717, 1.165) is 53.3 Å². The summed E-state index contributed by atoms with van der Waals surface area (Å²) in [5, 5.41) is 8.98. The maximum atomic E-state index is 11.6. The normalized spacial score (nSPS) is 14.1. The fourth-order valence-electron chi connectivity index (χ4n) is 3.30. The highest BCUT2D eigenvalue weighted by atomic mass is 16.7. The van der Waals surface area contributed by atoms with Gasteiger partial charge in [-0.1, -0.05) is 0 Å². The highest BCUT2D eigenvalue weighted by Gasteiger charge is 2.24. The van der Waals surface area contributed by atoms with Gasteiger partial charge in [0.25, 0.3) is 0 Å².